The number of aryl methyl sites for hydroxylation is 1. The average Bonchev–Trinajstić information content (AvgIpc) is 2.42. The zero-order valence-corrected chi connectivity index (χ0v) is 11.0. The summed E-state index contributed by atoms with van der Waals surface area (Å²) in [5.74, 6) is 0.517. The minimum Gasteiger partial charge on any atom is -0.508 e. The third-order valence-corrected chi connectivity index (χ3v) is 3.03. The van der Waals surface area contributed by atoms with Crippen molar-refractivity contribution in [1.29, 1.82) is 0 Å². The molecule has 0 spiro atoms. The SMILES string of the molecule is COc1cc(O)c(C)cc1C(=O)Cc1ccccc1. The number of hydrogen-bond donors (Lipinski definition) is 1. The Kier molecular flexibility index (Phi) is 3.85. The zero-order chi connectivity index (χ0) is 13.8. The molecule has 1 N–H and O–H groups in total. The second kappa shape index (κ2) is 5.57. The second-order valence-electron chi connectivity index (χ2n) is 4.42. The van der Waals surface area contributed by atoms with E-state index in [-0.39, 0.29) is 11.5 Å². The van der Waals surface area contributed by atoms with Gasteiger partial charge in [0.25, 0.3) is 0 Å². The van der Waals surface area contributed by atoms with Gasteiger partial charge in [-0.1, -0.05) is 30.3 Å². The summed E-state index contributed by atoms with van der Waals surface area (Å²) in [4.78, 5) is 12.3. The number of ketones is 1. The van der Waals surface area contributed by atoms with Crippen LogP contribution in [0.2, 0.25) is 0 Å². The fraction of sp³-hybridized carbons (Fsp3) is 0.188. The lowest BCUT2D eigenvalue weighted by molar-refractivity contribution is 0.0990. The Hall–Kier alpha value is -2.29. The minimum atomic E-state index is -0.0221. The Bertz CT molecular complexity index is 588. The summed E-state index contributed by atoms with van der Waals surface area (Å²) < 4.78 is 5.16. The molecule has 0 amide bonds. The summed E-state index contributed by atoms with van der Waals surface area (Å²) in [5.41, 5.74) is 2.12. The summed E-state index contributed by atoms with van der Waals surface area (Å²) in [7, 11) is 1.49. The first-order valence-corrected chi connectivity index (χ1v) is 6.06. The smallest absolute Gasteiger partial charge is 0.170 e. The van der Waals surface area contributed by atoms with Crippen molar-refractivity contribution < 1.29 is 14.6 Å². The van der Waals surface area contributed by atoms with Crippen molar-refractivity contribution in [2.45, 2.75) is 13.3 Å². The van der Waals surface area contributed by atoms with Crippen LogP contribution in [-0.4, -0.2) is 18.0 Å². The van der Waals surface area contributed by atoms with Gasteiger partial charge in [-0.15, -0.1) is 0 Å². The van der Waals surface area contributed by atoms with Gasteiger partial charge < -0.3 is 9.84 Å². The quantitative estimate of drug-likeness (QED) is 0.855. The molecule has 98 valence electrons. The summed E-state index contributed by atoms with van der Waals surface area (Å²) in [6.07, 6.45) is 0.321. The van der Waals surface area contributed by atoms with Crippen LogP contribution in [0.5, 0.6) is 11.5 Å². The molecule has 19 heavy (non-hydrogen) atoms. The summed E-state index contributed by atoms with van der Waals surface area (Å²) >= 11 is 0. The van der Waals surface area contributed by atoms with Crippen molar-refractivity contribution in [1.82, 2.24) is 0 Å². The van der Waals surface area contributed by atoms with E-state index >= 15 is 0 Å². The Morgan fingerprint density at radius 1 is 1.21 bits per heavy atom. The highest BCUT2D eigenvalue weighted by Crippen LogP contribution is 2.28. The second-order valence-corrected chi connectivity index (χ2v) is 4.42. The highest BCUT2D eigenvalue weighted by atomic mass is 16.5. The van der Waals surface area contributed by atoms with Crippen LogP contribution in [0, 0.1) is 6.92 Å². The maximum absolute atomic E-state index is 12.3. The standard InChI is InChI=1S/C16H16O3/c1-11-8-13(16(19-2)10-14(11)17)15(18)9-12-6-4-3-5-7-12/h3-8,10,17H,9H2,1-2H3. The predicted octanol–water partition coefficient (Wildman–Crippen LogP) is 3.13. The van der Waals surface area contributed by atoms with Crippen molar-refractivity contribution in [3.63, 3.8) is 0 Å². The van der Waals surface area contributed by atoms with Gasteiger partial charge in [0, 0.05) is 12.5 Å². The Balaban J connectivity index is 2.31. The molecule has 0 aliphatic heterocycles. The Morgan fingerprint density at radius 3 is 2.53 bits per heavy atom. The first-order chi connectivity index (χ1) is 9.11. The fourth-order valence-electron chi connectivity index (χ4n) is 1.94. The Labute approximate surface area is 112 Å². The summed E-state index contributed by atoms with van der Waals surface area (Å²) in [5, 5.41) is 9.64. The molecule has 0 aliphatic carbocycles. The van der Waals surface area contributed by atoms with E-state index in [1.165, 1.54) is 13.2 Å². The maximum atomic E-state index is 12.3. The van der Waals surface area contributed by atoms with E-state index in [1.54, 1.807) is 13.0 Å². The predicted molar refractivity (Wildman–Crippen MR) is 73.9 cm³/mol. The van der Waals surface area contributed by atoms with Gasteiger partial charge >= 0.3 is 0 Å². The highest BCUT2D eigenvalue weighted by molar-refractivity contribution is 6.00. The van der Waals surface area contributed by atoms with Crippen LogP contribution in [0.3, 0.4) is 0 Å². The number of carbonyl (C=O) groups is 1. The van der Waals surface area contributed by atoms with Crippen LogP contribution in [0.1, 0.15) is 21.5 Å². The molecular formula is C16H16O3. The van der Waals surface area contributed by atoms with E-state index in [9.17, 15) is 9.90 Å². The van der Waals surface area contributed by atoms with E-state index in [0.29, 0.717) is 23.3 Å². The first-order valence-electron chi connectivity index (χ1n) is 6.06. The van der Waals surface area contributed by atoms with Crippen LogP contribution >= 0.6 is 0 Å². The van der Waals surface area contributed by atoms with Gasteiger partial charge in [0.05, 0.1) is 12.7 Å². The molecule has 3 heteroatoms. The molecule has 2 aromatic carbocycles. The van der Waals surface area contributed by atoms with Crippen molar-refractivity contribution in [3.05, 3.63) is 59.2 Å². The van der Waals surface area contributed by atoms with E-state index in [0.717, 1.165) is 5.56 Å². The molecule has 0 unspecified atom stereocenters. The largest absolute Gasteiger partial charge is 0.508 e. The monoisotopic (exact) mass is 256 g/mol. The van der Waals surface area contributed by atoms with Crippen LogP contribution in [0.4, 0.5) is 0 Å². The summed E-state index contributed by atoms with van der Waals surface area (Å²) in [6.45, 7) is 1.76. The van der Waals surface area contributed by atoms with Crippen molar-refractivity contribution in [2.24, 2.45) is 0 Å². The number of phenolic OH excluding ortho intramolecular Hbond substituents is 1. The number of carbonyl (C=O) groups excluding carboxylic acids is 1. The lowest BCUT2D eigenvalue weighted by Crippen LogP contribution is -2.06. The van der Waals surface area contributed by atoms with Crippen molar-refractivity contribution >= 4 is 5.78 Å². The molecule has 0 aromatic heterocycles. The van der Waals surface area contributed by atoms with Gasteiger partial charge in [-0.25, -0.2) is 0 Å². The number of methoxy groups -OCH3 is 1. The number of ether oxygens (including phenoxy) is 1. The number of Topliss-reactive ketones (excluding diaryl/α,β-unsaturated/α-hetero) is 1. The molecule has 0 aliphatic rings. The molecule has 2 rings (SSSR count). The van der Waals surface area contributed by atoms with Gasteiger partial charge in [0.2, 0.25) is 0 Å². The topological polar surface area (TPSA) is 46.5 Å². The minimum absolute atomic E-state index is 0.0221. The number of rotatable bonds is 4. The van der Waals surface area contributed by atoms with Gasteiger partial charge in [-0.2, -0.15) is 0 Å². The maximum Gasteiger partial charge on any atom is 0.170 e. The summed E-state index contributed by atoms with van der Waals surface area (Å²) in [6, 6.07) is 12.7. The van der Waals surface area contributed by atoms with E-state index in [1.807, 2.05) is 30.3 Å². The molecule has 0 heterocycles. The average molecular weight is 256 g/mol. The number of hydrogen-bond acceptors (Lipinski definition) is 3. The van der Waals surface area contributed by atoms with Crippen LogP contribution < -0.4 is 4.74 Å². The lowest BCUT2D eigenvalue weighted by Gasteiger charge is -2.10. The zero-order valence-electron chi connectivity index (χ0n) is 11.0. The lowest BCUT2D eigenvalue weighted by atomic mass is 10.00. The first kappa shape index (κ1) is 13.1. The fourth-order valence-corrected chi connectivity index (χ4v) is 1.94. The molecule has 0 bridgehead atoms. The van der Waals surface area contributed by atoms with Gasteiger partial charge in [-0.3, -0.25) is 4.79 Å². The molecule has 0 atom stereocenters. The Morgan fingerprint density at radius 2 is 1.89 bits per heavy atom. The molecule has 2 aromatic rings. The molecule has 3 nitrogen and oxygen atoms in total. The molecule has 0 saturated heterocycles. The van der Waals surface area contributed by atoms with Crippen LogP contribution in [0.15, 0.2) is 42.5 Å². The van der Waals surface area contributed by atoms with E-state index in [2.05, 4.69) is 0 Å². The van der Waals surface area contributed by atoms with Crippen molar-refractivity contribution in [3.8, 4) is 11.5 Å². The van der Waals surface area contributed by atoms with Crippen molar-refractivity contribution in [2.75, 3.05) is 7.11 Å². The third kappa shape index (κ3) is 2.94. The number of benzene rings is 2. The molecular weight excluding hydrogens is 240 g/mol. The number of phenols is 1. The molecule has 0 radical (unpaired) electrons. The highest BCUT2D eigenvalue weighted by Gasteiger charge is 2.15. The van der Waals surface area contributed by atoms with Crippen LogP contribution in [0.25, 0.3) is 0 Å². The van der Waals surface area contributed by atoms with Gasteiger partial charge in [0.1, 0.15) is 11.5 Å². The normalized spacial score (nSPS) is 10.2. The van der Waals surface area contributed by atoms with E-state index in [4.69, 9.17) is 4.74 Å². The van der Waals surface area contributed by atoms with Crippen LogP contribution in [-0.2, 0) is 6.42 Å². The van der Waals surface area contributed by atoms with Gasteiger partial charge in [-0.05, 0) is 24.1 Å². The van der Waals surface area contributed by atoms with E-state index < -0.39 is 0 Å². The van der Waals surface area contributed by atoms with Gasteiger partial charge in [0.15, 0.2) is 5.78 Å². The molecule has 0 fully saturated rings. The number of aromatic hydroxyl groups is 1. The third-order valence-electron chi connectivity index (χ3n) is 3.03. The molecule has 0 saturated carbocycles.